The van der Waals surface area contributed by atoms with E-state index in [0.717, 1.165) is 27.7 Å². The second-order valence-electron chi connectivity index (χ2n) is 7.81. The highest BCUT2D eigenvalue weighted by Gasteiger charge is 2.36. The molecule has 1 aromatic carbocycles. The molecule has 2 aromatic rings. The van der Waals surface area contributed by atoms with E-state index in [1.807, 2.05) is 56.5 Å². The fourth-order valence-corrected chi connectivity index (χ4v) is 4.56. The fraction of sp³-hybridized carbons (Fsp3) is 0.304. The van der Waals surface area contributed by atoms with Gasteiger partial charge in [0, 0.05) is 23.4 Å². The third-order valence-electron chi connectivity index (χ3n) is 5.36. The highest BCUT2D eigenvalue weighted by Crippen LogP contribution is 2.34. The predicted molar refractivity (Wildman–Crippen MR) is 128 cm³/mol. The van der Waals surface area contributed by atoms with Crippen LogP contribution in [0.4, 0.5) is 0 Å². The lowest BCUT2D eigenvalue weighted by Crippen LogP contribution is -2.35. The number of carbonyl (C=O) groups excluding carboxylic acids is 1. The Morgan fingerprint density at radius 2 is 1.91 bits per heavy atom. The molecule has 1 aromatic heterocycles. The van der Waals surface area contributed by atoms with Gasteiger partial charge in [0.2, 0.25) is 5.17 Å². The second kappa shape index (κ2) is 8.31. The van der Waals surface area contributed by atoms with Crippen molar-refractivity contribution in [1.82, 2.24) is 9.58 Å². The Kier molecular flexibility index (Phi) is 5.68. The summed E-state index contributed by atoms with van der Waals surface area (Å²) in [5.41, 5.74) is 3.72. The Morgan fingerprint density at radius 3 is 2.56 bits per heavy atom. The number of aryl methyl sites for hydroxylation is 1. The number of rotatable bonds is 5. The van der Waals surface area contributed by atoms with E-state index in [9.17, 15) is 4.79 Å². The number of amidine groups is 2. The molecule has 0 aliphatic carbocycles. The largest absolute Gasteiger partial charge is 0.497 e. The SMILES string of the molecule is COc1ccc(OC)c(-n2c(C)cc(C=C3C(=N)N4N=C(C(C)C)SC4=NC3=O)c2C)c1. The zero-order valence-electron chi connectivity index (χ0n) is 18.9. The molecule has 2 aliphatic rings. The molecule has 0 fully saturated rings. The number of nitrogens with one attached hydrogen (secondary N) is 1. The van der Waals surface area contributed by atoms with E-state index in [2.05, 4.69) is 10.1 Å². The molecule has 8 nitrogen and oxygen atoms in total. The molecule has 0 spiro atoms. The third-order valence-corrected chi connectivity index (χ3v) is 6.57. The van der Waals surface area contributed by atoms with Gasteiger partial charge < -0.3 is 14.0 Å². The van der Waals surface area contributed by atoms with Crippen molar-refractivity contribution in [3.05, 3.63) is 46.8 Å². The van der Waals surface area contributed by atoms with Gasteiger partial charge in [-0.3, -0.25) is 10.2 Å². The smallest absolute Gasteiger partial charge is 0.283 e. The van der Waals surface area contributed by atoms with Crippen LogP contribution in [0.5, 0.6) is 11.5 Å². The van der Waals surface area contributed by atoms with Crippen LogP contribution in [0.25, 0.3) is 11.8 Å². The van der Waals surface area contributed by atoms with E-state index >= 15 is 0 Å². The van der Waals surface area contributed by atoms with Gasteiger partial charge in [-0.2, -0.15) is 15.1 Å². The summed E-state index contributed by atoms with van der Waals surface area (Å²) in [7, 11) is 3.25. The Bertz CT molecular complexity index is 1220. The lowest BCUT2D eigenvalue weighted by molar-refractivity contribution is -0.114. The minimum absolute atomic E-state index is 0.0342. The number of benzene rings is 1. The zero-order chi connectivity index (χ0) is 23.2. The van der Waals surface area contributed by atoms with Crippen LogP contribution >= 0.6 is 11.8 Å². The van der Waals surface area contributed by atoms with Gasteiger partial charge >= 0.3 is 0 Å². The summed E-state index contributed by atoms with van der Waals surface area (Å²) in [6, 6.07) is 7.58. The summed E-state index contributed by atoms with van der Waals surface area (Å²) in [6.07, 6.45) is 1.71. The molecule has 0 saturated heterocycles. The van der Waals surface area contributed by atoms with Crippen molar-refractivity contribution in [2.45, 2.75) is 27.7 Å². The Morgan fingerprint density at radius 1 is 1.16 bits per heavy atom. The van der Waals surface area contributed by atoms with Gasteiger partial charge in [0.05, 0.1) is 25.5 Å². The quantitative estimate of drug-likeness (QED) is 0.681. The Balaban J connectivity index is 1.78. The number of hydrogen-bond donors (Lipinski definition) is 1. The van der Waals surface area contributed by atoms with Crippen LogP contribution in [0.15, 0.2) is 39.9 Å². The number of methoxy groups -OCH3 is 2. The number of carbonyl (C=O) groups is 1. The molecule has 1 N–H and O–H groups in total. The average molecular weight is 452 g/mol. The molecule has 0 saturated carbocycles. The maximum absolute atomic E-state index is 12.8. The van der Waals surface area contributed by atoms with Gasteiger partial charge in [0.25, 0.3) is 5.91 Å². The number of aliphatic imine (C=N–C) groups is 1. The van der Waals surface area contributed by atoms with Gasteiger partial charge in [-0.05, 0) is 55.4 Å². The highest BCUT2D eigenvalue weighted by molar-refractivity contribution is 8.27. The van der Waals surface area contributed by atoms with Crippen LogP contribution in [0.3, 0.4) is 0 Å². The first-order valence-electron chi connectivity index (χ1n) is 10.2. The fourth-order valence-electron chi connectivity index (χ4n) is 3.67. The van der Waals surface area contributed by atoms with Crippen molar-refractivity contribution >= 4 is 39.8 Å². The topological polar surface area (TPSA) is 92.3 Å². The summed E-state index contributed by atoms with van der Waals surface area (Å²) < 4.78 is 13.0. The lowest BCUT2D eigenvalue weighted by Gasteiger charge is -2.20. The summed E-state index contributed by atoms with van der Waals surface area (Å²) in [6.45, 7) is 7.99. The molecule has 166 valence electrons. The van der Waals surface area contributed by atoms with E-state index < -0.39 is 5.91 Å². The van der Waals surface area contributed by atoms with Crippen LogP contribution in [0.2, 0.25) is 0 Å². The molecule has 2 aliphatic heterocycles. The minimum atomic E-state index is -0.433. The molecule has 0 bridgehead atoms. The van der Waals surface area contributed by atoms with Crippen LogP contribution in [0.1, 0.15) is 30.8 Å². The summed E-state index contributed by atoms with van der Waals surface area (Å²) in [5.74, 6) is 1.21. The predicted octanol–water partition coefficient (Wildman–Crippen LogP) is 4.39. The minimum Gasteiger partial charge on any atom is -0.497 e. The zero-order valence-corrected chi connectivity index (χ0v) is 19.7. The van der Waals surface area contributed by atoms with Crippen molar-refractivity contribution in [2.24, 2.45) is 16.0 Å². The molecule has 4 rings (SSSR count). The molecule has 9 heteroatoms. The van der Waals surface area contributed by atoms with Crippen molar-refractivity contribution in [3.8, 4) is 17.2 Å². The number of thioether (sulfide) groups is 1. The number of nitrogens with zero attached hydrogens (tertiary/aromatic N) is 4. The van der Waals surface area contributed by atoms with Gasteiger partial charge in [-0.15, -0.1) is 0 Å². The van der Waals surface area contributed by atoms with Gasteiger partial charge in [0.1, 0.15) is 16.5 Å². The molecular formula is C23H25N5O3S. The van der Waals surface area contributed by atoms with Crippen molar-refractivity contribution < 1.29 is 14.3 Å². The summed E-state index contributed by atoms with van der Waals surface area (Å²) in [5, 5.41) is 15.8. The number of ether oxygens (including phenoxy) is 2. The van der Waals surface area contributed by atoms with Crippen LogP contribution in [0, 0.1) is 25.2 Å². The van der Waals surface area contributed by atoms with E-state index in [1.165, 1.54) is 16.8 Å². The lowest BCUT2D eigenvalue weighted by atomic mass is 10.1. The molecule has 32 heavy (non-hydrogen) atoms. The van der Waals surface area contributed by atoms with Crippen LogP contribution in [-0.4, -0.2) is 45.7 Å². The number of amides is 1. The van der Waals surface area contributed by atoms with Gasteiger partial charge in [-0.25, -0.2) is 0 Å². The van der Waals surface area contributed by atoms with E-state index in [1.54, 1.807) is 20.3 Å². The maximum Gasteiger partial charge on any atom is 0.283 e. The molecular weight excluding hydrogens is 426 g/mol. The van der Waals surface area contributed by atoms with E-state index in [-0.39, 0.29) is 17.3 Å². The van der Waals surface area contributed by atoms with Gasteiger partial charge in [-0.1, -0.05) is 13.8 Å². The average Bonchev–Trinajstić information content (AvgIpc) is 3.31. The first kappa shape index (κ1) is 21.9. The number of aromatic nitrogens is 1. The maximum atomic E-state index is 12.8. The standard InChI is InChI=1S/C23H25N5O3S/c1-12(2)22-26-28-20(24)17(21(29)25-23(28)32-22)10-15-9-13(3)27(14(15)4)18-11-16(30-5)7-8-19(18)31-6/h7-12,24H,1-6H3. The van der Waals surface area contributed by atoms with Crippen molar-refractivity contribution in [1.29, 1.82) is 5.41 Å². The van der Waals surface area contributed by atoms with E-state index in [0.29, 0.717) is 16.7 Å². The first-order chi connectivity index (χ1) is 15.2. The Hall–Kier alpha value is -3.33. The molecule has 0 radical (unpaired) electrons. The molecule has 0 atom stereocenters. The highest BCUT2D eigenvalue weighted by atomic mass is 32.2. The summed E-state index contributed by atoms with van der Waals surface area (Å²) in [4.78, 5) is 16.9. The van der Waals surface area contributed by atoms with Crippen molar-refractivity contribution in [3.63, 3.8) is 0 Å². The normalized spacial score (nSPS) is 17.1. The van der Waals surface area contributed by atoms with Crippen LogP contribution in [-0.2, 0) is 4.79 Å². The monoisotopic (exact) mass is 451 g/mol. The number of fused-ring (bicyclic) bond motifs is 1. The number of hydrazone groups is 1. The second-order valence-corrected chi connectivity index (χ2v) is 8.80. The van der Waals surface area contributed by atoms with Crippen molar-refractivity contribution in [2.75, 3.05) is 14.2 Å². The third kappa shape index (κ3) is 3.62. The van der Waals surface area contributed by atoms with Crippen LogP contribution < -0.4 is 9.47 Å². The van der Waals surface area contributed by atoms with E-state index in [4.69, 9.17) is 14.9 Å². The molecule has 3 heterocycles. The summed E-state index contributed by atoms with van der Waals surface area (Å²) >= 11 is 1.34. The van der Waals surface area contributed by atoms with Gasteiger partial charge in [0.15, 0.2) is 5.84 Å². The molecule has 1 amide bonds. The first-order valence-corrected chi connectivity index (χ1v) is 11.0. The Labute approximate surface area is 191 Å². The molecule has 0 unspecified atom stereocenters. The number of hydrogen-bond acceptors (Lipinski definition) is 6.